The highest BCUT2D eigenvalue weighted by atomic mass is 32.2. The molecule has 2 aromatic heterocycles. The minimum atomic E-state index is -0.640. The van der Waals surface area contributed by atoms with Crippen molar-refractivity contribution in [2.24, 2.45) is 0 Å². The van der Waals surface area contributed by atoms with E-state index < -0.39 is 12.0 Å². The van der Waals surface area contributed by atoms with Gasteiger partial charge >= 0.3 is 5.97 Å². The van der Waals surface area contributed by atoms with Crippen molar-refractivity contribution in [3.05, 3.63) is 23.3 Å². The summed E-state index contributed by atoms with van der Waals surface area (Å²) in [5, 5.41) is 6.85. The average molecular weight is 351 g/mol. The highest BCUT2D eigenvalue weighted by Gasteiger charge is 2.22. The van der Waals surface area contributed by atoms with Gasteiger partial charge in [-0.3, -0.25) is 4.79 Å². The Bertz CT molecular complexity index is 746. The fourth-order valence-electron chi connectivity index (χ4n) is 2.44. The van der Waals surface area contributed by atoms with Gasteiger partial charge in [0, 0.05) is 17.0 Å². The van der Waals surface area contributed by atoms with Crippen LogP contribution in [0.15, 0.2) is 6.33 Å². The number of nitrogens with zero attached hydrogens (tertiary/aromatic N) is 4. The summed E-state index contributed by atoms with van der Waals surface area (Å²) < 4.78 is 6.36. The van der Waals surface area contributed by atoms with E-state index in [-0.39, 0.29) is 12.3 Å². The Hall–Kier alpha value is -2.16. The molecule has 0 aliphatic rings. The SMILES string of the molecule is COC(=O)[C@H](CCSC)NC(=O)Cc1c(C)nc2ncnn2c1C. The standard InChI is InChI=1S/C15H21N5O3S/c1-9-11(10(2)20-15(18-9)16-8-17-20)7-13(21)19-12(5-6-24-4)14(22)23-3/h8,12H,5-7H2,1-4H3,(H,19,21)/t12-/m0/s1. The third-order valence-electron chi connectivity index (χ3n) is 3.76. The van der Waals surface area contributed by atoms with Crippen molar-refractivity contribution in [2.75, 3.05) is 19.1 Å². The van der Waals surface area contributed by atoms with Crippen molar-refractivity contribution in [3.8, 4) is 0 Å². The van der Waals surface area contributed by atoms with Gasteiger partial charge in [0.1, 0.15) is 12.4 Å². The van der Waals surface area contributed by atoms with Crippen LogP contribution in [0.2, 0.25) is 0 Å². The number of fused-ring (bicyclic) bond motifs is 1. The first-order valence-corrected chi connectivity index (χ1v) is 8.89. The van der Waals surface area contributed by atoms with Crippen LogP contribution in [-0.4, -0.2) is 56.6 Å². The van der Waals surface area contributed by atoms with Gasteiger partial charge in [-0.15, -0.1) is 0 Å². The predicted octanol–water partition coefficient (Wildman–Crippen LogP) is 0.695. The zero-order valence-corrected chi connectivity index (χ0v) is 15.0. The summed E-state index contributed by atoms with van der Waals surface area (Å²) in [6, 6.07) is -0.640. The molecule has 1 amide bonds. The molecular weight excluding hydrogens is 330 g/mol. The summed E-state index contributed by atoms with van der Waals surface area (Å²) in [4.78, 5) is 32.6. The number of carbonyl (C=O) groups is 2. The van der Waals surface area contributed by atoms with E-state index in [1.165, 1.54) is 13.4 Å². The number of rotatable bonds is 7. The lowest BCUT2D eigenvalue weighted by molar-refractivity contribution is -0.145. The van der Waals surface area contributed by atoms with Gasteiger partial charge in [-0.05, 0) is 32.3 Å². The summed E-state index contributed by atoms with van der Waals surface area (Å²) in [5.41, 5.74) is 2.31. The van der Waals surface area contributed by atoms with Crippen LogP contribution in [0.5, 0.6) is 0 Å². The zero-order chi connectivity index (χ0) is 17.7. The summed E-state index contributed by atoms with van der Waals surface area (Å²) in [6.45, 7) is 3.69. The van der Waals surface area contributed by atoms with Crippen LogP contribution in [-0.2, 0) is 20.7 Å². The topological polar surface area (TPSA) is 98.5 Å². The van der Waals surface area contributed by atoms with Crippen LogP contribution in [0.4, 0.5) is 0 Å². The molecule has 2 aromatic rings. The van der Waals surface area contributed by atoms with Crippen molar-refractivity contribution in [1.82, 2.24) is 24.9 Å². The fraction of sp³-hybridized carbons (Fsp3) is 0.533. The molecule has 0 radical (unpaired) electrons. The lowest BCUT2D eigenvalue weighted by Crippen LogP contribution is -2.42. The van der Waals surface area contributed by atoms with Gasteiger partial charge in [-0.25, -0.2) is 14.3 Å². The number of hydrogen-bond acceptors (Lipinski definition) is 7. The molecule has 9 heteroatoms. The van der Waals surface area contributed by atoms with Crippen LogP contribution in [0.25, 0.3) is 5.78 Å². The molecule has 130 valence electrons. The largest absolute Gasteiger partial charge is 0.467 e. The zero-order valence-electron chi connectivity index (χ0n) is 14.2. The smallest absolute Gasteiger partial charge is 0.328 e. The Balaban J connectivity index is 2.14. The highest BCUT2D eigenvalue weighted by Crippen LogP contribution is 2.14. The van der Waals surface area contributed by atoms with Gasteiger partial charge in [0.2, 0.25) is 5.91 Å². The minimum Gasteiger partial charge on any atom is -0.467 e. The number of esters is 1. The Morgan fingerprint density at radius 1 is 1.42 bits per heavy atom. The molecule has 0 aliphatic carbocycles. The van der Waals surface area contributed by atoms with Gasteiger partial charge in [0.25, 0.3) is 5.78 Å². The van der Waals surface area contributed by atoms with E-state index >= 15 is 0 Å². The Kier molecular flexibility index (Phi) is 6.13. The van der Waals surface area contributed by atoms with E-state index in [1.807, 2.05) is 20.1 Å². The van der Waals surface area contributed by atoms with Gasteiger partial charge in [-0.2, -0.15) is 21.8 Å². The molecular formula is C15H21N5O3S. The van der Waals surface area contributed by atoms with Gasteiger partial charge < -0.3 is 10.1 Å². The van der Waals surface area contributed by atoms with Crippen molar-refractivity contribution in [2.45, 2.75) is 32.7 Å². The van der Waals surface area contributed by atoms with Crippen molar-refractivity contribution in [1.29, 1.82) is 0 Å². The highest BCUT2D eigenvalue weighted by molar-refractivity contribution is 7.98. The lowest BCUT2D eigenvalue weighted by atomic mass is 10.1. The summed E-state index contributed by atoms with van der Waals surface area (Å²) in [6.07, 6.45) is 4.02. The summed E-state index contributed by atoms with van der Waals surface area (Å²) >= 11 is 1.61. The Labute approximate surface area is 144 Å². The number of aryl methyl sites for hydroxylation is 2. The second-order valence-electron chi connectivity index (χ2n) is 5.33. The Morgan fingerprint density at radius 3 is 2.83 bits per heavy atom. The van der Waals surface area contributed by atoms with Crippen LogP contribution in [0, 0.1) is 13.8 Å². The summed E-state index contributed by atoms with van der Waals surface area (Å²) in [7, 11) is 1.32. The molecule has 0 aliphatic heterocycles. The van der Waals surface area contributed by atoms with Gasteiger partial charge in [-0.1, -0.05) is 0 Å². The molecule has 2 rings (SSSR count). The third kappa shape index (κ3) is 4.02. The van der Waals surface area contributed by atoms with E-state index in [0.717, 1.165) is 22.7 Å². The van der Waals surface area contributed by atoms with E-state index in [4.69, 9.17) is 4.74 Å². The predicted molar refractivity (Wildman–Crippen MR) is 90.9 cm³/mol. The molecule has 2 heterocycles. The van der Waals surface area contributed by atoms with E-state index in [2.05, 4.69) is 20.4 Å². The summed E-state index contributed by atoms with van der Waals surface area (Å²) in [5.74, 6) is 0.570. The first kappa shape index (κ1) is 18.2. The van der Waals surface area contributed by atoms with E-state index in [0.29, 0.717) is 12.2 Å². The van der Waals surface area contributed by atoms with Crippen molar-refractivity contribution in [3.63, 3.8) is 0 Å². The number of methoxy groups -OCH3 is 1. The van der Waals surface area contributed by atoms with Crippen molar-refractivity contribution >= 4 is 29.4 Å². The molecule has 0 spiro atoms. The minimum absolute atomic E-state index is 0.118. The Morgan fingerprint density at radius 2 is 2.17 bits per heavy atom. The second kappa shape index (κ2) is 8.09. The monoisotopic (exact) mass is 351 g/mol. The number of ether oxygens (including phenoxy) is 1. The van der Waals surface area contributed by atoms with E-state index in [9.17, 15) is 9.59 Å². The fourth-order valence-corrected chi connectivity index (χ4v) is 2.92. The number of hydrogen-bond donors (Lipinski definition) is 1. The second-order valence-corrected chi connectivity index (χ2v) is 6.32. The van der Waals surface area contributed by atoms with Crippen LogP contribution in [0.3, 0.4) is 0 Å². The quantitative estimate of drug-likeness (QED) is 0.733. The maximum absolute atomic E-state index is 12.4. The van der Waals surface area contributed by atoms with Gasteiger partial charge in [0.15, 0.2) is 0 Å². The maximum atomic E-state index is 12.4. The van der Waals surface area contributed by atoms with Gasteiger partial charge in [0.05, 0.1) is 13.5 Å². The number of thioether (sulfide) groups is 1. The number of carbonyl (C=O) groups excluding carboxylic acids is 2. The molecule has 0 saturated heterocycles. The molecule has 0 saturated carbocycles. The number of aromatic nitrogens is 4. The van der Waals surface area contributed by atoms with Crippen molar-refractivity contribution < 1.29 is 14.3 Å². The average Bonchev–Trinajstić information content (AvgIpc) is 3.02. The molecule has 0 fully saturated rings. The molecule has 1 atom stereocenters. The first-order chi connectivity index (χ1) is 11.5. The number of amides is 1. The van der Waals surface area contributed by atoms with E-state index in [1.54, 1.807) is 16.3 Å². The normalized spacial score (nSPS) is 12.2. The molecule has 0 bridgehead atoms. The first-order valence-electron chi connectivity index (χ1n) is 7.49. The van der Waals surface area contributed by atoms with Crippen LogP contribution >= 0.6 is 11.8 Å². The van der Waals surface area contributed by atoms with Crippen LogP contribution in [0.1, 0.15) is 23.4 Å². The lowest BCUT2D eigenvalue weighted by Gasteiger charge is -2.17. The molecule has 0 unspecified atom stereocenters. The van der Waals surface area contributed by atoms with Crippen LogP contribution < -0.4 is 5.32 Å². The molecule has 1 N–H and O–H groups in total. The maximum Gasteiger partial charge on any atom is 0.328 e. The third-order valence-corrected chi connectivity index (χ3v) is 4.40. The number of nitrogens with one attached hydrogen (secondary N) is 1. The molecule has 0 aromatic carbocycles. The molecule has 24 heavy (non-hydrogen) atoms. The molecule has 8 nitrogen and oxygen atoms in total.